The highest BCUT2D eigenvalue weighted by atomic mass is 35.6. The van der Waals surface area contributed by atoms with Crippen LogP contribution in [-0.4, -0.2) is 37.4 Å². The molecule has 46 heavy (non-hydrogen) atoms. The zero-order chi connectivity index (χ0) is 37.7. The fourth-order valence-corrected chi connectivity index (χ4v) is 10.1. The number of benzene rings is 1. The van der Waals surface area contributed by atoms with Crippen LogP contribution in [0.25, 0.3) is 0 Å². The molecule has 0 N–H and O–H groups in total. The molecule has 0 atom stereocenters. The van der Waals surface area contributed by atoms with Gasteiger partial charge in [0, 0.05) is 0 Å². The first-order valence-corrected chi connectivity index (χ1v) is 20.5. The lowest BCUT2D eigenvalue weighted by Gasteiger charge is -2.47. The van der Waals surface area contributed by atoms with Gasteiger partial charge in [0.25, 0.3) is 0 Å². The van der Waals surface area contributed by atoms with Crippen molar-refractivity contribution in [2.24, 2.45) is 0 Å². The van der Waals surface area contributed by atoms with Gasteiger partial charge < -0.3 is 0 Å². The quantitative estimate of drug-likeness (QED) is 0.216. The molecule has 0 spiro atoms. The van der Waals surface area contributed by atoms with Crippen LogP contribution >= 0.6 is 313 Å². The molecule has 0 aliphatic carbocycles. The van der Waals surface area contributed by atoms with E-state index in [1.807, 2.05) is 0 Å². The first-order chi connectivity index (χ1) is 19.5. The summed E-state index contributed by atoms with van der Waals surface area (Å²) in [7, 11) is 0. The summed E-state index contributed by atoms with van der Waals surface area (Å²) in [6.45, 7) is 1.24. The summed E-state index contributed by atoms with van der Waals surface area (Å²) < 4.78 is -33.8. The number of hydrogen-bond donors (Lipinski definition) is 0. The molecule has 0 radical (unpaired) electrons. The second-order valence-corrected chi connectivity index (χ2v) is 27.6. The molecule has 0 saturated carbocycles. The highest BCUT2D eigenvalue weighted by Crippen LogP contribution is 2.70. The van der Waals surface area contributed by atoms with E-state index in [-0.39, 0.29) is 5.56 Å². The molecule has 0 amide bonds. The lowest BCUT2D eigenvalue weighted by Crippen LogP contribution is -2.56. The lowest BCUT2D eigenvalue weighted by atomic mass is 9.89. The monoisotopic (exact) mass is 1180 g/mol. The molecule has 1 aromatic carbocycles. The van der Waals surface area contributed by atoms with Crippen LogP contribution in [0.15, 0.2) is 12.1 Å². The Labute approximate surface area is 398 Å². The van der Waals surface area contributed by atoms with Gasteiger partial charge in [0.05, 0.1) is 0 Å². The molecule has 270 valence electrons. The van der Waals surface area contributed by atoms with Crippen LogP contribution in [0.4, 0.5) is 0 Å². The maximum atomic E-state index is 6.77. The predicted molar refractivity (Wildman–Crippen MR) is 219 cm³/mol. The normalized spacial score (nSPS) is 16.3. The average Bonchev–Trinajstić information content (AvgIpc) is 2.80. The molecule has 0 bridgehead atoms. The average molecular weight is 1190 g/mol. The number of hydrogen-bond acceptors (Lipinski definition) is 0. The SMILES string of the molecule is Cc1c(C(Cl)(Cl)C(Cl)(Cl)C(Cl)(Cl)C(Cl)(Cl)Cl)cc(C(Cl)(Cl)C(Cl)(Cl)C(Cl)(Cl)C(Cl)(Cl)Cl)cc1C(Cl)(Cl)C(Cl)(Cl)C(Cl)(Cl)C(Cl)(Cl)Cl. The number of alkyl halides is 27. The first-order valence-electron chi connectivity index (χ1n) is 10.3. The van der Waals surface area contributed by atoms with Crippen molar-refractivity contribution in [1.29, 1.82) is 0 Å². The molecule has 0 heterocycles. The topological polar surface area (TPSA) is 0 Å². The lowest BCUT2D eigenvalue weighted by molar-refractivity contribution is 0.576. The van der Waals surface area contributed by atoms with Crippen LogP contribution in [0.1, 0.15) is 22.3 Å². The van der Waals surface area contributed by atoms with Crippen LogP contribution in [-0.2, 0) is 13.0 Å². The standard InChI is InChI=1S/C19H5Cl27/c1-4-6(9(22,23)12(28,29)15(34,35)18(41,42)43)2-5(8(20,21)11(26,27)14(32,33)17(38,39)40)3-7(4)10(24,25)13(30,31)16(36,37)19(44,45)46/h2-3H,1H3. The smallest absolute Gasteiger partial charge is 0.0943 e. The van der Waals surface area contributed by atoms with E-state index in [1.54, 1.807) is 0 Å². The minimum Gasteiger partial charge on any atom is -0.0943 e. The zero-order valence-electron chi connectivity index (χ0n) is 20.4. The minimum atomic E-state index is -2.92. The first kappa shape index (κ1) is 51.1. The largest absolute Gasteiger partial charge is 0.226 e. The third-order valence-electron chi connectivity index (χ3n) is 5.88. The second-order valence-electron chi connectivity index (χ2n) is 8.86. The summed E-state index contributed by atoms with van der Waals surface area (Å²) in [5.74, 6) is 0. The fourth-order valence-electron chi connectivity index (χ4n) is 3.19. The molecule has 0 nitrogen and oxygen atoms in total. The summed E-state index contributed by atoms with van der Waals surface area (Å²) in [4.78, 5) is 0. The molecular weight excluding hydrogens is 1190 g/mol. The maximum absolute atomic E-state index is 6.77. The Bertz CT molecular complexity index is 1210. The van der Waals surface area contributed by atoms with Crippen molar-refractivity contribution in [3.05, 3.63) is 34.4 Å². The van der Waals surface area contributed by atoms with E-state index in [9.17, 15) is 0 Å². The summed E-state index contributed by atoms with van der Waals surface area (Å²) >= 11 is 171. The van der Waals surface area contributed by atoms with E-state index in [0.29, 0.717) is 0 Å². The zero-order valence-corrected chi connectivity index (χ0v) is 40.8. The van der Waals surface area contributed by atoms with Gasteiger partial charge in [-0.25, -0.2) is 0 Å². The van der Waals surface area contributed by atoms with Gasteiger partial charge >= 0.3 is 0 Å². The van der Waals surface area contributed by atoms with Crippen molar-refractivity contribution in [1.82, 2.24) is 0 Å². The van der Waals surface area contributed by atoms with Crippen LogP contribution in [0.3, 0.4) is 0 Å². The Kier molecular flexibility index (Phi) is 17.4. The molecule has 0 aliphatic heterocycles. The summed E-state index contributed by atoms with van der Waals surface area (Å²) in [5.41, 5.74) is -1.75. The van der Waals surface area contributed by atoms with Gasteiger partial charge in [-0.2, -0.15) is 0 Å². The van der Waals surface area contributed by atoms with Gasteiger partial charge in [0.2, 0.25) is 24.4 Å². The molecule has 0 aliphatic rings. The Hall–Kier alpha value is 7.05. The van der Waals surface area contributed by atoms with Crippen LogP contribution in [0.5, 0.6) is 0 Å². The summed E-state index contributed by atoms with van der Waals surface area (Å²) in [6.07, 6.45) is 0. The molecule has 0 unspecified atom stereocenters. The van der Waals surface area contributed by atoms with E-state index >= 15 is 0 Å². The minimum absolute atomic E-state index is 0.222. The highest BCUT2D eigenvalue weighted by molar-refractivity contribution is 6.82. The van der Waals surface area contributed by atoms with Crippen molar-refractivity contribution in [3.8, 4) is 0 Å². The van der Waals surface area contributed by atoms with Gasteiger partial charge in [0.1, 0.15) is 0 Å². The van der Waals surface area contributed by atoms with Crippen molar-refractivity contribution < 1.29 is 0 Å². The number of halogens is 27. The third-order valence-corrected chi connectivity index (χ3v) is 22.2. The molecule has 27 heteroatoms. The van der Waals surface area contributed by atoms with Gasteiger partial charge in [-0.1, -0.05) is 313 Å². The van der Waals surface area contributed by atoms with Gasteiger partial charge in [-0.15, -0.1) is 0 Å². The molecule has 0 aromatic heterocycles. The van der Waals surface area contributed by atoms with Crippen molar-refractivity contribution in [2.45, 2.75) is 57.3 Å². The van der Waals surface area contributed by atoms with Crippen LogP contribution in [0.2, 0.25) is 0 Å². The number of rotatable bonds is 9. The van der Waals surface area contributed by atoms with Crippen LogP contribution in [0, 0.1) is 6.92 Å². The van der Waals surface area contributed by atoms with Gasteiger partial charge in [0.15, 0.2) is 26.0 Å². The van der Waals surface area contributed by atoms with Crippen LogP contribution < -0.4 is 0 Å². The summed E-state index contributed by atoms with van der Waals surface area (Å²) in [5, 5.41) is 0. The Morgan fingerprint density at radius 3 is 0.696 bits per heavy atom. The Morgan fingerprint density at radius 2 is 0.500 bits per heavy atom. The highest BCUT2D eigenvalue weighted by Gasteiger charge is 2.72. The second kappa shape index (κ2) is 15.7. The molecular formula is C19H5Cl27. The van der Waals surface area contributed by atoms with Gasteiger partial charge in [-0.05, 0) is 41.3 Å². The van der Waals surface area contributed by atoms with Crippen molar-refractivity contribution >= 4 is 313 Å². The van der Waals surface area contributed by atoms with E-state index < -0.39 is 67.1 Å². The fraction of sp³-hybridized carbons (Fsp3) is 0.684. The Morgan fingerprint density at radius 1 is 0.304 bits per heavy atom. The van der Waals surface area contributed by atoms with E-state index in [1.165, 1.54) is 6.92 Å². The van der Waals surface area contributed by atoms with E-state index in [4.69, 9.17) is 313 Å². The molecule has 1 rings (SSSR count). The van der Waals surface area contributed by atoms with Crippen molar-refractivity contribution in [2.75, 3.05) is 0 Å². The van der Waals surface area contributed by atoms with Gasteiger partial charge in [-0.3, -0.25) is 0 Å². The molecule has 1 aromatic rings. The molecule has 0 saturated heterocycles. The van der Waals surface area contributed by atoms with E-state index in [2.05, 4.69) is 0 Å². The predicted octanol–water partition coefficient (Wildman–Crippen LogP) is 18.0. The molecule has 0 fully saturated rings. The van der Waals surface area contributed by atoms with Crippen molar-refractivity contribution in [3.63, 3.8) is 0 Å². The van der Waals surface area contributed by atoms with E-state index in [0.717, 1.165) is 12.1 Å². The maximum Gasteiger partial charge on any atom is 0.226 e. The third kappa shape index (κ3) is 8.58. The Balaban J connectivity index is 4.58. The summed E-state index contributed by atoms with van der Waals surface area (Å²) in [6, 6.07) is 1.92.